The highest BCUT2D eigenvalue weighted by Crippen LogP contribution is 2.32. The summed E-state index contributed by atoms with van der Waals surface area (Å²) < 4.78 is 0. The van der Waals surface area contributed by atoms with Gasteiger partial charge in [-0.3, -0.25) is 0 Å². The Morgan fingerprint density at radius 1 is 0.609 bits per heavy atom. The van der Waals surface area contributed by atoms with Crippen LogP contribution in [0.3, 0.4) is 0 Å². The molecule has 0 aromatic heterocycles. The molecule has 0 saturated carbocycles. The third kappa shape index (κ3) is 5.53. The fraction of sp³-hybridized carbons (Fsp3) is 0.0500. The molecule has 3 rings (SSSR count). The standard InChI is InChI=1S/C18H15P.C2H3N.ClH/c1-4-10-16(11-5-1)19(17-12-6-2-7-13-17)18-14-8-3-9-15-18;1-2-3;/h1-15H;1H3;1H. The topological polar surface area (TPSA) is 23.8 Å². The van der Waals surface area contributed by atoms with Crippen LogP contribution in [0.25, 0.3) is 0 Å². The van der Waals surface area contributed by atoms with Gasteiger partial charge in [0.05, 0.1) is 14.0 Å². The lowest BCUT2D eigenvalue weighted by molar-refractivity contribution is -0.00000457. The van der Waals surface area contributed by atoms with Crippen LogP contribution in [-0.4, -0.2) is 0 Å². The first-order valence-corrected chi connectivity index (χ1v) is 8.71. The Labute approximate surface area is 145 Å². The predicted molar refractivity (Wildman–Crippen MR) is 97.8 cm³/mol. The van der Waals surface area contributed by atoms with E-state index >= 15 is 0 Å². The molecule has 3 aromatic carbocycles. The first kappa shape index (κ1) is 18.9. The van der Waals surface area contributed by atoms with Crippen molar-refractivity contribution in [3.63, 3.8) is 0 Å². The van der Waals surface area contributed by atoms with Gasteiger partial charge >= 0.3 is 0 Å². The van der Waals surface area contributed by atoms with Crippen molar-refractivity contribution in [1.29, 1.82) is 5.26 Å². The van der Waals surface area contributed by atoms with E-state index in [0.29, 0.717) is 0 Å². The Hall–Kier alpha value is -2.13. The van der Waals surface area contributed by atoms with E-state index in [2.05, 4.69) is 91.0 Å². The van der Waals surface area contributed by atoms with Gasteiger partial charge in [0.2, 0.25) is 0 Å². The number of nitrogens with zero attached hydrogens (tertiary/aromatic N) is 1. The highest BCUT2D eigenvalue weighted by molar-refractivity contribution is 7.79. The smallest absolute Gasteiger partial charge is 0.102 e. The van der Waals surface area contributed by atoms with Gasteiger partial charge in [0, 0.05) is 6.92 Å². The van der Waals surface area contributed by atoms with Crippen LogP contribution < -0.4 is 28.3 Å². The molecule has 0 aliphatic heterocycles. The summed E-state index contributed by atoms with van der Waals surface area (Å²) in [5, 5.41) is 11.6. The van der Waals surface area contributed by atoms with Gasteiger partial charge in [0.15, 0.2) is 0 Å². The number of hydrogen-bond donors (Lipinski definition) is 0. The molecule has 116 valence electrons. The van der Waals surface area contributed by atoms with Gasteiger partial charge in [0.25, 0.3) is 0 Å². The van der Waals surface area contributed by atoms with Crippen molar-refractivity contribution in [3.05, 3.63) is 91.0 Å². The highest BCUT2D eigenvalue weighted by Gasteiger charge is 2.24. The molecule has 0 atom stereocenters. The largest absolute Gasteiger partial charge is 1.00 e. The molecular weight excluding hydrogens is 321 g/mol. The zero-order valence-corrected chi connectivity index (χ0v) is 14.7. The van der Waals surface area contributed by atoms with Crippen LogP contribution in [-0.2, 0) is 0 Å². The first-order chi connectivity index (χ1) is 10.9. The van der Waals surface area contributed by atoms with Crippen LogP contribution in [0.4, 0.5) is 0 Å². The number of hydrogen-bond acceptors (Lipinski definition) is 1. The van der Waals surface area contributed by atoms with Crippen molar-refractivity contribution in [2.24, 2.45) is 0 Å². The predicted octanol–water partition coefficient (Wildman–Crippen LogP) is 0.711. The zero-order valence-electron chi connectivity index (χ0n) is 13.0. The summed E-state index contributed by atoms with van der Waals surface area (Å²) in [6, 6.07) is 34.2. The van der Waals surface area contributed by atoms with Crippen LogP contribution >= 0.6 is 7.92 Å². The second-order valence-corrected chi connectivity index (χ2v) is 7.18. The van der Waals surface area contributed by atoms with E-state index < -0.39 is 7.92 Å². The number of rotatable bonds is 3. The highest BCUT2D eigenvalue weighted by atomic mass is 35.5. The van der Waals surface area contributed by atoms with Gasteiger partial charge in [-0.2, -0.15) is 5.26 Å². The molecule has 3 heteroatoms. The first-order valence-electron chi connectivity index (χ1n) is 7.21. The normalized spacial score (nSPS) is 9.09. The lowest BCUT2D eigenvalue weighted by Gasteiger charge is -2.10. The lowest BCUT2D eigenvalue weighted by atomic mass is 10.4. The van der Waals surface area contributed by atoms with Gasteiger partial charge in [-0.05, 0) is 36.4 Å². The SMILES string of the molecule is CC#N.[Cl-].c1ccc([PH+](c2ccccc2)c2ccccc2)cc1. The molecule has 0 saturated heterocycles. The molecule has 0 fully saturated rings. The third-order valence-electron chi connectivity index (χ3n) is 3.19. The fourth-order valence-electron chi connectivity index (χ4n) is 2.31. The molecule has 0 heterocycles. The van der Waals surface area contributed by atoms with Gasteiger partial charge in [-0.1, -0.05) is 54.6 Å². The van der Waals surface area contributed by atoms with Gasteiger partial charge < -0.3 is 12.4 Å². The van der Waals surface area contributed by atoms with Crippen molar-refractivity contribution in [2.45, 2.75) is 6.92 Å². The summed E-state index contributed by atoms with van der Waals surface area (Å²) in [6.07, 6.45) is 0. The molecule has 3 aromatic rings. The minimum atomic E-state index is -0.877. The van der Waals surface area contributed by atoms with Crippen LogP contribution in [0.2, 0.25) is 0 Å². The maximum atomic E-state index is 7.32. The Bertz CT molecular complexity index is 615. The Balaban J connectivity index is 0.000000615. The minimum Gasteiger partial charge on any atom is -1.00 e. The third-order valence-corrected chi connectivity index (χ3v) is 5.92. The molecule has 23 heavy (non-hydrogen) atoms. The molecule has 0 radical (unpaired) electrons. The zero-order chi connectivity index (χ0) is 15.6. The Morgan fingerprint density at radius 3 is 1.04 bits per heavy atom. The summed E-state index contributed by atoms with van der Waals surface area (Å²) in [5.74, 6) is 0. The Kier molecular flexibility index (Phi) is 8.70. The summed E-state index contributed by atoms with van der Waals surface area (Å²) in [6.45, 7) is 1.43. The molecule has 0 unspecified atom stereocenters. The molecule has 0 bridgehead atoms. The van der Waals surface area contributed by atoms with Crippen LogP contribution in [0.15, 0.2) is 91.0 Å². The van der Waals surface area contributed by atoms with E-state index in [4.69, 9.17) is 5.26 Å². The van der Waals surface area contributed by atoms with E-state index in [1.165, 1.54) is 22.8 Å². The van der Waals surface area contributed by atoms with Gasteiger partial charge in [0.1, 0.15) is 15.9 Å². The molecule has 0 spiro atoms. The average molecular weight is 340 g/mol. The number of halogens is 1. The van der Waals surface area contributed by atoms with Crippen molar-refractivity contribution in [2.75, 3.05) is 0 Å². The summed E-state index contributed by atoms with van der Waals surface area (Å²) in [4.78, 5) is 0. The van der Waals surface area contributed by atoms with Crippen LogP contribution in [0, 0.1) is 11.3 Å². The van der Waals surface area contributed by atoms with Crippen molar-refractivity contribution in [3.8, 4) is 6.07 Å². The number of nitriles is 1. The summed E-state index contributed by atoms with van der Waals surface area (Å²) in [7, 11) is -0.877. The molecular formula is C20H19ClNP. The molecule has 1 nitrogen and oxygen atoms in total. The maximum absolute atomic E-state index is 7.32. The van der Waals surface area contributed by atoms with E-state index in [1.54, 1.807) is 6.07 Å². The Morgan fingerprint density at radius 2 is 0.826 bits per heavy atom. The molecule has 0 aliphatic carbocycles. The molecule has 0 amide bonds. The van der Waals surface area contributed by atoms with Crippen LogP contribution in [0.1, 0.15) is 6.92 Å². The van der Waals surface area contributed by atoms with Crippen molar-refractivity contribution < 1.29 is 12.4 Å². The minimum absolute atomic E-state index is 0. The fourth-order valence-corrected chi connectivity index (χ4v) is 4.89. The molecule has 0 N–H and O–H groups in total. The van der Waals surface area contributed by atoms with E-state index in [9.17, 15) is 0 Å². The monoisotopic (exact) mass is 339 g/mol. The second-order valence-electron chi connectivity index (χ2n) is 4.70. The van der Waals surface area contributed by atoms with Gasteiger partial charge in [-0.25, -0.2) is 0 Å². The summed E-state index contributed by atoms with van der Waals surface area (Å²) >= 11 is 0. The lowest BCUT2D eigenvalue weighted by Crippen LogP contribution is -3.00. The quantitative estimate of drug-likeness (QED) is 0.645. The van der Waals surface area contributed by atoms with Crippen molar-refractivity contribution >= 4 is 23.8 Å². The van der Waals surface area contributed by atoms with Gasteiger partial charge in [-0.15, -0.1) is 0 Å². The second kappa shape index (κ2) is 10.6. The average Bonchev–Trinajstić information content (AvgIpc) is 2.59. The molecule has 0 aliphatic rings. The van der Waals surface area contributed by atoms with E-state index in [-0.39, 0.29) is 12.4 Å². The van der Waals surface area contributed by atoms with Crippen LogP contribution in [0.5, 0.6) is 0 Å². The summed E-state index contributed by atoms with van der Waals surface area (Å²) in [5.41, 5.74) is 0. The van der Waals surface area contributed by atoms with Crippen molar-refractivity contribution in [1.82, 2.24) is 0 Å². The number of benzene rings is 3. The van der Waals surface area contributed by atoms with E-state index in [0.717, 1.165) is 0 Å². The maximum Gasteiger partial charge on any atom is 0.102 e. The van der Waals surface area contributed by atoms with E-state index in [1.807, 2.05) is 0 Å².